The molecule has 0 radical (unpaired) electrons. The molecule has 12 heavy (non-hydrogen) atoms. The molecule has 1 N–H and O–H groups in total. The van der Waals surface area contributed by atoms with Gasteiger partial charge in [-0.05, 0) is 13.5 Å². The number of nitrogens with one attached hydrogen (secondary N) is 1. The van der Waals surface area contributed by atoms with Crippen molar-refractivity contribution in [3.05, 3.63) is 0 Å². The fraction of sp³-hybridized carbons (Fsp3) is 1.00. The maximum absolute atomic E-state index is 10.9. The molecule has 0 spiro atoms. The standard InChI is InChI=1S/C6H13NO4S/c1-7-12(8,9)4-3-5-6(10-2)11-5/h5-7H,3-4H2,1-2H3. The van der Waals surface area contributed by atoms with Crippen molar-refractivity contribution in [1.29, 1.82) is 0 Å². The van der Waals surface area contributed by atoms with Gasteiger partial charge in [-0.2, -0.15) is 0 Å². The Morgan fingerprint density at radius 2 is 2.25 bits per heavy atom. The lowest BCUT2D eigenvalue weighted by atomic mass is 10.3. The molecule has 0 aliphatic carbocycles. The van der Waals surface area contributed by atoms with E-state index in [4.69, 9.17) is 9.47 Å². The van der Waals surface area contributed by atoms with Crippen molar-refractivity contribution in [2.24, 2.45) is 0 Å². The molecule has 72 valence electrons. The van der Waals surface area contributed by atoms with Gasteiger partial charge in [-0.1, -0.05) is 0 Å². The van der Waals surface area contributed by atoms with Crippen LogP contribution in [0.25, 0.3) is 0 Å². The molecule has 1 aliphatic rings. The zero-order valence-corrected chi connectivity index (χ0v) is 7.93. The molecule has 0 aromatic carbocycles. The number of methoxy groups -OCH3 is 1. The Kier molecular flexibility index (Phi) is 3.05. The summed E-state index contributed by atoms with van der Waals surface area (Å²) >= 11 is 0. The Morgan fingerprint density at radius 1 is 1.58 bits per heavy atom. The summed E-state index contributed by atoms with van der Waals surface area (Å²) in [6.45, 7) is 0. The fourth-order valence-electron chi connectivity index (χ4n) is 0.912. The quantitative estimate of drug-likeness (QED) is 0.589. The average Bonchev–Trinajstić information content (AvgIpc) is 2.80. The molecule has 6 heteroatoms. The van der Waals surface area contributed by atoms with Crippen molar-refractivity contribution >= 4 is 10.0 Å². The molecule has 1 saturated heterocycles. The number of rotatable bonds is 5. The summed E-state index contributed by atoms with van der Waals surface area (Å²) in [7, 11) is -0.153. The molecule has 1 heterocycles. The van der Waals surface area contributed by atoms with Crippen LogP contribution in [0, 0.1) is 0 Å². The first kappa shape index (κ1) is 9.91. The Bertz CT molecular complexity index is 238. The minimum Gasteiger partial charge on any atom is -0.353 e. The maximum atomic E-state index is 10.9. The van der Waals surface area contributed by atoms with E-state index in [1.165, 1.54) is 14.2 Å². The second-order valence-electron chi connectivity index (χ2n) is 2.59. The summed E-state index contributed by atoms with van der Waals surface area (Å²) in [5, 5.41) is 0. The molecular weight excluding hydrogens is 182 g/mol. The van der Waals surface area contributed by atoms with Crippen LogP contribution in [0.2, 0.25) is 0 Å². The van der Waals surface area contributed by atoms with Crippen LogP contribution >= 0.6 is 0 Å². The van der Waals surface area contributed by atoms with Crippen LogP contribution in [0.5, 0.6) is 0 Å². The zero-order valence-electron chi connectivity index (χ0n) is 7.11. The lowest BCUT2D eigenvalue weighted by Gasteiger charge is -1.98. The van der Waals surface area contributed by atoms with Gasteiger partial charge in [0.25, 0.3) is 0 Å². The van der Waals surface area contributed by atoms with Gasteiger partial charge in [0.05, 0.1) is 5.75 Å². The van der Waals surface area contributed by atoms with Crippen LogP contribution in [-0.4, -0.2) is 40.7 Å². The lowest BCUT2D eigenvalue weighted by Crippen LogP contribution is -2.23. The Labute approximate surface area is 72.1 Å². The van der Waals surface area contributed by atoms with Crippen molar-refractivity contribution in [3.63, 3.8) is 0 Å². The molecule has 0 saturated carbocycles. The van der Waals surface area contributed by atoms with E-state index in [0.29, 0.717) is 6.42 Å². The predicted octanol–water partition coefficient (Wildman–Crippen LogP) is -0.703. The van der Waals surface area contributed by atoms with Crippen molar-refractivity contribution in [1.82, 2.24) is 4.72 Å². The Hall–Kier alpha value is -0.170. The number of epoxide rings is 1. The largest absolute Gasteiger partial charge is 0.353 e. The van der Waals surface area contributed by atoms with Crippen LogP contribution < -0.4 is 4.72 Å². The lowest BCUT2D eigenvalue weighted by molar-refractivity contribution is 0.0950. The van der Waals surface area contributed by atoms with E-state index in [1.54, 1.807) is 0 Å². The number of ether oxygens (including phenoxy) is 2. The number of sulfonamides is 1. The van der Waals surface area contributed by atoms with E-state index in [9.17, 15) is 8.42 Å². The third-order valence-electron chi connectivity index (χ3n) is 1.75. The molecule has 1 rings (SSSR count). The minimum absolute atomic E-state index is 0.0434. The second-order valence-corrected chi connectivity index (χ2v) is 4.64. The van der Waals surface area contributed by atoms with Crippen LogP contribution in [-0.2, 0) is 19.5 Å². The molecule has 2 unspecified atom stereocenters. The highest BCUT2D eigenvalue weighted by atomic mass is 32.2. The van der Waals surface area contributed by atoms with Gasteiger partial charge in [0.15, 0.2) is 6.29 Å². The second kappa shape index (κ2) is 3.69. The van der Waals surface area contributed by atoms with E-state index in [0.717, 1.165) is 0 Å². The number of hydrogen-bond acceptors (Lipinski definition) is 4. The Morgan fingerprint density at radius 3 is 2.67 bits per heavy atom. The van der Waals surface area contributed by atoms with Gasteiger partial charge >= 0.3 is 0 Å². The molecule has 5 nitrogen and oxygen atoms in total. The van der Waals surface area contributed by atoms with Crippen LogP contribution in [0.15, 0.2) is 0 Å². The van der Waals surface area contributed by atoms with Crippen LogP contribution in [0.3, 0.4) is 0 Å². The maximum Gasteiger partial charge on any atom is 0.211 e. The molecule has 1 fully saturated rings. The summed E-state index contributed by atoms with van der Waals surface area (Å²) < 4.78 is 33.9. The third-order valence-corrected chi connectivity index (χ3v) is 3.15. The highest BCUT2D eigenvalue weighted by Crippen LogP contribution is 2.25. The van der Waals surface area contributed by atoms with E-state index >= 15 is 0 Å². The van der Waals surface area contributed by atoms with Gasteiger partial charge in [0, 0.05) is 7.11 Å². The minimum atomic E-state index is -3.09. The molecule has 0 amide bonds. The van der Waals surface area contributed by atoms with Gasteiger partial charge in [0.1, 0.15) is 6.10 Å². The van der Waals surface area contributed by atoms with Crippen molar-refractivity contribution in [2.75, 3.05) is 19.9 Å². The van der Waals surface area contributed by atoms with E-state index in [2.05, 4.69) is 4.72 Å². The molecule has 0 bridgehead atoms. The van der Waals surface area contributed by atoms with Gasteiger partial charge in [-0.3, -0.25) is 0 Å². The van der Waals surface area contributed by atoms with Crippen LogP contribution in [0.4, 0.5) is 0 Å². The zero-order chi connectivity index (χ0) is 9.19. The SMILES string of the molecule is CNS(=O)(=O)CCC1OC1OC. The first-order valence-corrected chi connectivity index (χ1v) is 5.34. The van der Waals surface area contributed by atoms with Gasteiger partial charge in [-0.25, -0.2) is 13.1 Å². The van der Waals surface area contributed by atoms with E-state index < -0.39 is 10.0 Å². The molecule has 2 atom stereocenters. The predicted molar refractivity (Wildman–Crippen MR) is 43.1 cm³/mol. The highest BCUT2D eigenvalue weighted by Gasteiger charge is 2.39. The molecular formula is C6H13NO4S. The first-order chi connectivity index (χ1) is 5.59. The fourth-order valence-corrected chi connectivity index (χ4v) is 1.66. The van der Waals surface area contributed by atoms with Gasteiger partial charge in [0.2, 0.25) is 10.0 Å². The topological polar surface area (TPSA) is 67.9 Å². The molecule has 0 aromatic rings. The molecule has 0 aromatic heterocycles. The summed E-state index contributed by atoms with van der Waals surface area (Å²) in [5.41, 5.74) is 0. The average molecular weight is 195 g/mol. The van der Waals surface area contributed by atoms with Gasteiger partial charge in [-0.15, -0.1) is 0 Å². The van der Waals surface area contributed by atoms with Crippen molar-refractivity contribution in [2.45, 2.75) is 18.8 Å². The van der Waals surface area contributed by atoms with Crippen LogP contribution in [0.1, 0.15) is 6.42 Å². The highest BCUT2D eigenvalue weighted by molar-refractivity contribution is 7.89. The Balaban J connectivity index is 2.20. The number of hydrogen-bond donors (Lipinski definition) is 1. The third kappa shape index (κ3) is 2.71. The van der Waals surface area contributed by atoms with Crippen molar-refractivity contribution in [3.8, 4) is 0 Å². The first-order valence-electron chi connectivity index (χ1n) is 3.68. The smallest absolute Gasteiger partial charge is 0.211 e. The van der Waals surface area contributed by atoms with E-state index in [1.807, 2.05) is 0 Å². The monoisotopic (exact) mass is 195 g/mol. The normalized spacial score (nSPS) is 28.8. The summed E-state index contributed by atoms with van der Waals surface area (Å²) in [5.74, 6) is 0.0913. The van der Waals surface area contributed by atoms with Crippen molar-refractivity contribution < 1.29 is 17.9 Å². The summed E-state index contributed by atoms with van der Waals surface area (Å²) in [6, 6.07) is 0. The summed E-state index contributed by atoms with van der Waals surface area (Å²) in [4.78, 5) is 0. The summed E-state index contributed by atoms with van der Waals surface area (Å²) in [6.07, 6.45) is 0.247. The van der Waals surface area contributed by atoms with Gasteiger partial charge < -0.3 is 9.47 Å². The van der Waals surface area contributed by atoms with E-state index in [-0.39, 0.29) is 18.1 Å². The molecule has 1 aliphatic heterocycles.